The zero-order valence-corrected chi connectivity index (χ0v) is 8.49. The number of anilines is 1. The zero-order chi connectivity index (χ0) is 10.8. The lowest BCUT2D eigenvalue weighted by Gasteiger charge is -2.17. The van der Waals surface area contributed by atoms with Gasteiger partial charge in [-0.2, -0.15) is 0 Å². The Morgan fingerprint density at radius 1 is 1.33 bits per heavy atom. The summed E-state index contributed by atoms with van der Waals surface area (Å²) in [6.07, 6.45) is 0.522. The number of hydrogen-bond donors (Lipinski definition) is 1. The summed E-state index contributed by atoms with van der Waals surface area (Å²) >= 11 is 0. The Hall–Kier alpha value is -1.84. The Morgan fingerprint density at radius 2 is 2.00 bits per heavy atom. The van der Waals surface area contributed by atoms with Crippen molar-refractivity contribution in [1.29, 1.82) is 0 Å². The van der Waals surface area contributed by atoms with Gasteiger partial charge < -0.3 is 0 Å². The number of carbonyl (C=O) groups excluding carboxylic acids is 2. The standard InChI is InChI=1S/C11H12N2O2/c1-8(14)9-2-4-10(5-3-9)13-7-6-11(15)12-13/h2-5H,6-7H2,1H3,(H,12,15). The molecule has 1 saturated heterocycles. The molecule has 1 aromatic rings. The predicted molar refractivity (Wildman–Crippen MR) is 56.6 cm³/mol. The van der Waals surface area contributed by atoms with Gasteiger partial charge in [0.05, 0.1) is 5.69 Å². The van der Waals surface area contributed by atoms with Crippen LogP contribution < -0.4 is 10.4 Å². The van der Waals surface area contributed by atoms with E-state index in [1.807, 2.05) is 12.1 Å². The second-order valence-corrected chi connectivity index (χ2v) is 3.54. The molecular formula is C11H12N2O2. The molecule has 0 unspecified atom stereocenters. The maximum Gasteiger partial charge on any atom is 0.240 e. The Bertz CT molecular complexity index is 398. The van der Waals surface area contributed by atoms with Crippen LogP contribution in [-0.2, 0) is 4.79 Å². The summed E-state index contributed by atoms with van der Waals surface area (Å²) in [6, 6.07) is 7.20. The fourth-order valence-electron chi connectivity index (χ4n) is 1.55. The van der Waals surface area contributed by atoms with Gasteiger partial charge in [0.25, 0.3) is 0 Å². The van der Waals surface area contributed by atoms with E-state index in [1.54, 1.807) is 17.1 Å². The molecule has 0 saturated carbocycles. The average Bonchev–Trinajstić information content (AvgIpc) is 2.65. The molecule has 1 aliphatic heterocycles. The minimum absolute atomic E-state index is 0.0330. The SMILES string of the molecule is CC(=O)c1ccc(N2CCC(=O)N2)cc1. The first kappa shape index (κ1) is 9.71. The van der Waals surface area contributed by atoms with Crippen molar-refractivity contribution >= 4 is 17.4 Å². The van der Waals surface area contributed by atoms with E-state index in [0.717, 1.165) is 5.69 Å². The number of rotatable bonds is 2. The lowest BCUT2D eigenvalue weighted by Crippen LogP contribution is -2.32. The van der Waals surface area contributed by atoms with Crippen LogP contribution in [0.4, 0.5) is 5.69 Å². The Labute approximate surface area is 87.9 Å². The molecule has 15 heavy (non-hydrogen) atoms. The molecule has 1 N–H and O–H groups in total. The number of Topliss-reactive ketones (excluding diaryl/α,β-unsaturated/α-hetero) is 1. The maximum absolute atomic E-state index is 11.0. The third-order valence-electron chi connectivity index (χ3n) is 2.41. The molecule has 1 amide bonds. The number of hydrogen-bond acceptors (Lipinski definition) is 3. The van der Waals surface area contributed by atoms with Crippen LogP contribution in [0.5, 0.6) is 0 Å². The molecule has 0 spiro atoms. The number of ketones is 1. The lowest BCUT2D eigenvalue weighted by molar-refractivity contribution is -0.119. The molecule has 0 radical (unpaired) electrons. The van der Waals surface area contributed by atoms with Crippen LogP contribution in [0.3, 0.4) is 0 Å². The van der Waals surface area contributed by atoms with Gasteiger partial charge in [0.1, 0.15) is 0 Å². The lowest BCUT2D eigenvalue weighted by atomic mass is 10.1. The monoisotopic (exact) mass is 204 g/mol. The highest BCUT2D eigenvalue weighted by molar-refractivity contribution is 5.94. The zero-order valence-electron chi connectivity index (χ0n) is 8.49. The first-order valence-corrected chi connectivity index (χ1v) is 4.85. The van der Waals surface area contributed by atoms with Crippen molar-refractivity contribution in [2.75, 3.05) is 11.6 Å². The fourth-order valence-corrected chi connectivity index (χ4v) is 1.55. The molecular weight excluding hydrogens is 192 g/mol. The molecule has 0 bridgehead atoms. The van der Waals surface area contributed by atoms with Crippen LogP contribution in [0.15, 0.2) is 24.3 Å². The Morgan fingerprint density at radius 3 is 2.47 bits per heavy atom. The molecule has 4 heteroatoms. The highest BCUT2D eigenvalue weighted by atomic mass is 16.2. The van der Waals surface area contributed by atoms with Gasteiger partial charge in [-0.1, -0.05) is 0 Å². The van der Waals surface area contributed by atoms with E-state index in [4.69, 9.17) is 0 Å². The summed E-state index contributed by atoms with van der Waals surface area (Å²) in [4.78, 5) is 22.0. The summed E-state index contributed by atoms with van der Waals surface area (Å²) in [5.41, 5.74) is 4.32. The average molecular weight is 204 g/mol. The van der Waals surface area contributed by atoms with Crippen molar-refractivity contribution in [1.82, 2.24) is 5.43 Å². The van der Waals surface area contributed by atoms with Crippen LogP contribution in [0.1, 0.15) is 23.7 Å². The van der Waals surface area contributed by atoms with E-state index in [1.165, 1.54) is 6.92 Å². The molecule has 1 heterocycles. The third-order valence-corrected chi connectivity index (χ3v) is 2.41. The van der Waals surface area contributed by atoms with E-state index in [0.29, 0.717) is 18.5 Å². The highest BCUT2D eigenvalue weighted by Crippen LogP contribution is 2.16. The normalized spacial score (nSPS) is 15.3. The van der Waals surface area contributed by atoms with Crippen molar-refractivity contribution in [3.63, 3.8) is 0 Å². The summed E-state index contributed by atoms with van der Waals surface area (Å²) in [5, 5.41) is 1.78. The van der Waals surface area contributed by atoms with E-state index in [-0.39, 0.29) is 11.7 Å². The smallest absolute Gasteiger partial charge is 0.240 e. The van der Waals surface area contributed by atoms with E-state index in [2.05, 4.69) is 5.43 Å². The van der Waals surface area contributed by atoms with Crippen LogP contribution in [-0.4, -0.2) is 18.2 Å². The summed E-state index contributed by atoms with van der Waals surface area (Å²) in [7, 11) is 0. The number of benzene rings is 1. The largest absolute Gasteiger partial charge is 0.295 e. The quantitative estimate of drug-likeness (QED) is 0.735. The number of nitrogens with zero attached hydrogens (tertiary/aromatic N) is 1. The fraction of sp³-hybridized carbons (Fsp3) is 0.273. The number of nitrogens with one attached hydrogen (secondary N) is 1. The van der Waals surface area contributed by atoms with E-state index < -0.39 is 0 Å². The van der Waals surface area contributed by atoms with Gasteiger partial charge >= 0.3 is 0 Å². The van der Waals surface area contributed by atoms with E-state index in [9.17, 15) is 9.59 Å². The van der Waals surface area contributed by atoms with Crippen LogP contribution in [0, 0.1) is 0 Å². The second-order valence-electron chi connectivity index (χ2n) is 3.54. The van der Waals surface area contributed by atoms with Crippen molar-refractivity contribution in [3.05, 3.63) is 29.8 Å². The molecule has 1 aromatic carbocycles. The molecule has 1 fully saturated rings. The van der Waals surface area contributed by atoms with Crippen LogP contribution in [0.25, 0.3) is 0 Å². The highest BCUT2D eigenvalue weighted by Gasteiger charge is 2.18. The molecule has 0 aromatic heterocycles. The van der Waals surface area contributed by atoms with Gasteiger partial charge in [0, 0.05) is 18.5 Å². The predicted octanol–water partition coefficient (Wildman–Crippen LogP) is 1.13. The number of carbonyl (C=O) groups is 2. The summed E-state index contributed by atoms with van der Waals surface area (Å²) in [6.45, 7) is 2.21. The Kier molecular flexibility index (Phi) is 2.41. The third kappa shape index (κ3) is 1.98. The first-order valence-electron chi connectivity index (χ1n) is 4.85. The van der Waals surface area contributed by atoms with Crippen molar-refractivity contribution in [2.45, 2.75) is 13.3 Å². The Balaban J connectivity index is 2.17. The number of hydrazine groups is 1. The van der Waals surface area contributed by atoms with Gasteiger partial charge in [-0.15, -0.1) is 0 Å². The first-order chi connectivity index (χ1) is 7.16. The van der Waals surface area contributed by atoms with Crippen LogP contribution in [0.2, 0.25) is 0 Å². The number of amides is 1. The van der Waals surface area contributed by atoms with Gasteiger partial charge in [0.2, 0.25) is 5.91 Å². The second kappa shape index (κ2) is 3.73. The molecule has 4 nitrogen and oxygen atoms in total. The van der Waals surface area contributed by atoms with E-state index >= 15 is 0 Å². The van der Waals surface area contributed by atoms with Crippen molar-refractivity contribution in [2.24, 2.45) is 0 Å². The van der Waals surface area contributed by atoms with Gasteiger partial charge in [-0.3, -0.25) is 20.0 Å². The molecule has 0 aliphatic carbocycles. The van der Waals surface area contributed by atoms with Crippen molar-refractivity contribution in [3.8, 4) is 0 Å². The minimum atomic E-state index is 0.0330. The van der Waals surface area contributed by atoms with Crippen LogP contribution >= 0.6 is 0 Å². The molecule has 78 valence electrons. The van der Waals surface area contributed by atoms with Gasteiger partial charge in [0.15, 0.2) is 5.78 Å². The molecule has 1 aliphatic rings. The summed E-state index contributed by atoms with van der Waals surface area (Å²) in [5.74, 6) is 0.0812. The molecule has 2 rings (SSSR count). The minimum Gasteiger partial charge on any atom is -0.295 e. The summed E-state index contributed by atoms with van der Waals surface area (Å²) < 4.78 is 0. The van der Waals surface area contributed by atoms with Gasteiger partial charge in [-0.05, 0) is 31.2 Å². The van der Waals surface area contributed by atoms with Crippen molar-refractivity contribution < 1.29 is 9.59 Å². The molecule has 0 atom stereocenters. The van der Waals surface area contributed by atoms with Gasteiger partial charge in [-0.25, -0.2) is 0 Å². The maximum atomic E-state index is 11.0. The topological polar surface area (TPSA) is 49.4 Å².